The Labute approximate surface area is 156 Å². The van der Waals surface area contributed by atoms with Gasteiger partial charge in [0.2, 0.25) is 5.91 Å². The van der Waals surface area contributed by atoms with Gasteiger partial charge in [-0.2, -0.15) is 0 Å². The van der Waals surface area contributed by atoms with Gasteiger partial charge < -0.3 is 10.2 Å². The summed E-state index contributed by atoms with van der Waals surface area (Å²) in [6.07, 6.45) is 6.02. The number of carbonyl (C=O) groups excluding carboxylic acids is 1. The second-order valence-electron chi connectivity index (χ2n) is 7.26. The lowest BCUT2D eigenvalue weighted by atomic mass is 9.99. The summed E-state index contributed by atoms with van der Waals surface area (Å²) in [5, 5.41) is 3.03. The maximum absolute atomic E-state index is 12.1. The van der Waals surface area contributed by atoms with Crippen LogP contribution in [0.4, 0.5) is 5.69 Å². The molecule has 0 saturated carbocycles. The molecule has 136 valence electrons. The van der Waals surface area contributed by atoms with Crippen molar-refractivity contribution in [1.82, 2.24) is 5.32 Å². The van der Waals surface area contributed by atoms with Crippen LogP contribution in [0.25, 0.3) is 6.08 Å². The molecule has 0 aliphatic carbocycles. The van der Waals surface area contributed by atoms with E-state index in [1.54, 1.807) is 6.08 Å². The molecule has 1 N–H and O–H groups in total. The summed E-state index contributed by atoms with van der Waals surface area (Å²) in [4.78, 5) is 14.6. The SMILES string of the molecule is C[C@@H]1CCCN(c2ccc([C@H](C)NC(=O)/C=C/c3ccccc3)cc2)C1. The van der Waals surface area contributed by atoms with Crippen molar-refractivity contribution in [3.05, 3.63) is 71.8 Å². The fourth-order valence-electron chi connectivity index (χ4n) is 3.48. The van der Waals surface area contributed by atoms with Crippen LogP contribution in [-0.4, -0.2) is 19.0 Å². The van der Waals surface area contributed by atoms with E-state index < -0.39 is 0 Å². The zero-order valence-corrected chi connectivity index (χ0v) is 15.7. The van der Waals surface area contributed by atoms with Gasteiger partial charge >= 0.3 is 0 Å². The summed E-state index contributed by atoms with van der Waals surface area (Å²) in [5.41, 5.74) is 3.43. The van der Waals surface area contributed by atoms with Gasteiger partial charge in [0.05, 0.1) is 6.04 Å². The second kappa shape index (κ2) is 8.70. The molecule has 0 radical (unpaired) electrons. The number of hydrogen-bond acceptors (Lipinski definition) is 2. The Bertz CT molecular complexity index is 737. The molecule has 3 heteroatoms. The van der Waals surface area contributed by atoms with Crippen LogP contribution < -0.4 is 10.2 Å². The van der Waals surface area contributed by atoms with Crippen LogP contribution in [-0.2, 0) is 4.79 Å². The van der Waals surface area contributed by atoms with Crippen molar-refractivity contribution in [3.63, 3.8) is 0 Å². The van der Waals surface area contributed by atoms with E-state index in [-0.39, 0.29) is 11.9 Å². The third kappa shape index (κ3) is 4.98. The first kappa shape index (κ1) is 18.2. The van der Waals surface area contributed by atoms with Crippen molar-refractivity contribution < 1.29 is 4.79 Å². The van der Waals surface area contributed by atoms with E-state index in [4.69, 9.17) is 0 Å². The van der Waals surface area contributed by atoms with E-state index in [0.29, 0.717) is 0 Å². The number of carbonyl (C=O) groups is 1. The van der Waals surface area contributed by atoms with Crippen molar-refractivity contribution in [2.24, 2.45) is 5.92 Å². The van der Waals surface area contributed by atoms with Gasteiger partial charge in [0.1, 0.15) is 0 Å². The van der Waals surface area contributed by atoms with Gasteiger partial charge in [-0.15, -0.1) is 0 Å². The first-order valence-electron chi connectivity index (χ1n) is 9.50. The average molecular weight is 348 g/mol. The van der Waals surface area contributed by atoms with Crippen LogP contribution >= 0.6 is 0 Å². The Hall–Kier alpha value is -2.55. The number of nitrogens with one attached hydrogen (secondary N) is 1. The van der Waals surface area contributed by atoms with Crippen molar-refractivity contribution in [2.45, 2.75) is 32.7 Å². The molecular formula is C23H28N2O. The molecule has 1 aliphatic heterocycles. The number of nitrogens with zero attached hydrogens (tertiary/aromatic N) is 1. The molecule has 0 spiro atoms. The Balaban J connectivity index is 1.56. The lowest BCUT2D eigenvalue weighted by Crippen LogP contribution is -2.34. The van der Waals surface area contributed by atoms with Crippen LogP contribution in [0, 0.1) is 5.92 Å². The third-order valence-corrected chi connectivity index (χ3v) is 5.00. The molecule has 3 nitrogen and oxygen atoms in total. The van der Waals surface area contributed by atoms with Crippen LogP contribution in [0.3, 0.4) is 0 Å². The number of rotatable bonds is 5. The Morgan fingerprint density at radius 1 is 1.15 bits per heavy atom. The number of anilines is 1. The predicted octanol–water partition coefficient (Wildman–Crippen LogP) is 4.81. The average Bonchev–Trinajstić information content (AvgIpc) is 2.67. The van der Waals surface area contributed by atoms with E-state index in [0.717, 1.165) is 30.1 Å². The molecule has 26 heavy (non-hydrogen) atoms. The zero-order chi connectivity index (χ0) is 18.4. The summed E-state index contributed by atoms with van der Waals surface area (Å²) in [7, 11) is 0. The molecule has 1 saturated heterocycles. The zero-order valence-electron chi connectivity index (χ0n) is 15.7. The first-order valence-corrected chi connectivity index (χ1v) is 9.50. The van der Waals surface area contributed by atoms with Crippen LogP contribution in [0.15, 0.2) is 60.7 Å². The predicted molar refractivity (Wildman–Crippen MR) is 109 cm³/mol. The molecule has 1 fully saturated rings. The summed E-state index contributed by atoms with van der Waals surface area (Å²) >= 11 is 0. The summed E-state index contributed by atoms with van der Waals surface area (Å²) < 4.78 is 0. The Morgan fingerprint density at radius 2 is 1.88 bits per heavy atom. The maximum Gasteiger partial charge on any atom is 0.244 e. The molecule has 3 rings (SSSR count). The number of piperidine rings is 1. The quantitative estimate of drug-likeness (QED) is 0.786. The topological polar surface area (TPSA) is 32.3 Å². The minimum atomic E-state index is -0.0738. The van der Waals surface area contributed by atoms with E-state index in [2.05, 4.69) is 41.4 Å². The standard InChI is InChI=1S/C23H28N2O/c1-18-7-6-16-25(17-18)22-13-11-21(12-14-22)19(2)24-23(26)15-10-20-8-4-3-5-9-20/h3-5,8-15,18-19H,6-7,16-17H2,1-2H3,(H,24,26)/b15-10+/t18-,19+/m1/s1. The molecule has 2 atom stereocenters. The highest BCUT2D eigenvalue weighted by Crippen LogP contribution is 2.24. The third-order valence-electron chi connectivity index (χ3n) is 5.00. The molecule has 2 aromatic rings. The fraction of sp³-hybridized carbons (Fsp3) is 0.348. The van der Waals surface area contributed by atoms with E-state index in [9.17, 15) is 4.79 Å². The van der Waals surface area contributed by atoms with E-state index in [1.807, 2.05) is 43.3 Å². The molecule has 2 aromatic carbocycles. The second-order valence-corrected chi connectivity index (χ2v) is 7.26. The Morgan fingerprint density at radius 3 is 2.58 bits per heavy atom. The molecule has 0 bridgehead atoms. The number of benzene rings is 2. The lowest BCUT2D eigenvalue weighted by Gasteiger charge is -2.33. The summed E-state index contributed by atoms with van der Waals surface area (Å²) in [5.74, 6) is 0.688. The van der Waals surface area contributed by atoms with Gasteiger partial charge in [0.15, 0.2) is 0 Å². The lowest BCUT2D eigenvalue weighted by molar-refractivity contribution is -0.117. The van der Waals surface area contributed by atoms with Crippen molar-refractivity contribution in [3.8, 4) is 0 Å². The Kier molecular flexibility index (Phi) is 6.11. The van der Waals surface area contributed by atoms with Crippen LogP contribution in [0.1, 0.15) is 43.9 Å². The fourth-order valence-corrected chi connectivity index (χ4v) is 3.48. The molecule has 0 aromatic heterocycles. The van der Waals surface area contributed by atoms with Crippen LogP contribution in [0.2, 0.25) is 0 Å². The molecule has 0 unspecified atom stereocenters. The normalized spacial score (nSPS) is 18.7. The highest BCUT2D eigenvalue weighted by atomic mass is 16.1. The van der Waals surface area contributed by atoms with Gasteiger partial charge in [-0.1, -0.05) is 49.4 Å². The molecule has 1 amide bonds. The summed E-state index contributed by atoms with van der Waals surface area (Å²) in [6.45, 7) is 6.61. The number of amides is 1. The van der Waals surface area contributed by atoms with E-state index in [1.165, 1.54) is 18.5 Å². The minimum absolute atomic E-state index is 0.0164. The smallest absolute Gasteiger partial charge is 0.244 e. The molecule has 1 heterocycles. The van der Waals surface area contributed by atoms with E-state index >= 15 is 0 Å². The largest absolute Gasteiger partial charge is 0.371 e. The summed E-state index contributed by atoms with van der Waals surface area (Å²) in [6, 6.07) is 18.4. The van der Waals surface area contributed by atoms with Crippen LogP contribution in [0.5, 0.6) is 0 Å². The molecular weight excluding hydrogens is 320 g/mol. The van der Waals surface area contributed by atoms with Gasteiger partial charge in [-0.05, 0) is 55.0 Å². The van der Waals surface area contributed by atoms with Crippen molar-refractivity contribution in [1.29, 1.82) is 0 Å². The highest BCUT2D eigenvalue weighted by molar-refractivity contribution is 5.91. The van der Waals surface area contributed by atoms with Gasteiger partial charge in [0, 0.05) is 24.9 Å². The minimum Gasteiger partial charge on any atom is -0.371 e. The molecule has 1 aliphatic rings. The van der Waals surface area contributed by atoms with Crippen molar-refractivity contribution in [2.75, 3.05) is 18.0 Å². The monoisotopic (exact) mass is 348 g/mol. The van der Waals surface area contributed by atoms with Gasteiger partial charge in [-0.3, -0.25) is 4.79 Å². The number of hydrogen-bond donors (Lipinski definition) is 1. The maximum atomic E-state index is 12.1. The van der Waals surface area contributed by atoms with Crippen molar-refractivity contribution >= 4 is 17.7 Å². The first-order chi connectivity index (χ1) is 12.6. The highest BCUT2D eigenvalue weighted by Gasteiger charge is 2.17. The van der Waals surface area contributed by atoms with Gasteiger partial charge in [0.25, 0.3) is 0 Å². The van der Waals surface area contributed by atoms with Gasteiger partial charge in [-0.25, -0.2) is 0 Å².